The highest BCUT2D eigenvalue weighted by Gasteiger charge is 2.27. The largest absolute Gasteiger partial charge is 0.347 e. The van der Waals surface area contributed by atoms with E-state index in [9.17, 15) is 9.59 Å². The van der Waals surface area contributed by atoms with Crippen LogP contribution in [0.1, 0.15) is 43.2 Å². The van der Waals surface area contributed by atoms with Gasteiger partial charge in [-0.15, -0.1) is 11.3 Å². The number of thiophene rings is 1. The lowest BCUT2D eigenvalue weighted by atomic mass is 10.0. The minimum Gasteiger partial charge on any atom is -0.347 e. The molecule has 0 fully saturated rings. The van der Waals surface area contributed by atoms with E-state index in [2.05, 4.69) is 21.7 Å². The molecule has 1 aliphatic heterocycles. The van der Waals surface area contributed by atoms with Crippen LogP contribution in [-0.4, -0.2) is 21.4 Å². The number of anilines is 1. The van der Waals surface area contributed by atoms with Gasteiger partial charge in [0.1, 0.15) is 5.69 Å². The second-order valence-corrected chi connectivity index (χ2v) is 10.3. The molecule has 38 heavy (non-hydrogen) atoms. The number of pyridine rings is 1. The van der Waals surface area contributed by atoms with Gasteiger partial charge in [-0.3, -0.25) is 14.6 Å². The predicted molar refractivity (Wildman–Crippen MR) is 150 cm³/mol. The molecule has 2 amide bonds. The summed E-state index contributed by atoms with van der Waals surface area (Å²) in [6, 6.07) is 25.5. The number of amides is 2. The third-order valence-electron chi connectivity index (χ3n) is 6.92. The Kier molecular flexibility index (Phi) is 6.35. The molecule has 0 saturated carbocycles. The van der Waals surface area contributed by atoms with Gasteiger partial charge in [-0.1, -0.05) is 36.4 Å². The van der Waals surface area contributed by atoms with Gasteiger partial charge >= 0.3 is 0 Å². The summed E-state index contributed by atoms with van der Waals surface area (Å²) in [5.74, 6) is -0.215. The molecule has 7 heteroatoms. The molecule has 6 nitrogen and oxygen atoms in total. The molecule has 4 heterocycles. The number of nitrogens with zero attached hydrogens (tertiary/aromatic N) is 3. The summed E-state index contributed by atoms with van der Waals surface area (Å²) in [7, 11) is 0. The Morgan fingerprint density at radius 1 is 0.974 bits per heavy atom. The van der Waals surface area contributed by atoms with Gasteiger partial charge in [0.15, 0.2) is 0 Å². The summed E-state index contributed by atoms with van der Waals surface area (Å²) in [5, 5.41) is 5.06. The molecule has 1 N–H and O–H groups in total. The van der Waals surface area contributed by atoms with E-state index in [0.29, 0.717) is 30.9 Å². The first-order valence-electron chi connectivity index (χ1n) is 12.5. The highest BCUT2D eigenvalue weighted by Crippen LogP contribution is 2.32. The maximum atomic E-state index is 13.9. The zero-order chi connectivity index (χ0) is 26.1. The van der Waals surface area contributed by atoms with Crippen molar-refractivity contribution in [3.8, 4) is 10.4 Å². The van der Waals surface area contributed by atoms with Crippen molar-refractivity contribution < 1.29 is 9.59 Å². The summed E-state index contributed by atoms with van der Waals surface area (Å²) in [5.41, 5.74) is 7.13. The Morgan fingerprint density at radius 3 is 2.66 bits per heavy atom. The van der Waals surface area contributed by atoms with Gasteiger partial charge in [-0.25, -0.2) is 0 Å². The summed E-state index contributed by atoms with van der Waals surface area (Å²) < 4.78 is 2.01. The van der Waals surface area contributed by atoms with Crippen LogP contribution < -0.4 is 10.2 Å². The van der Waals surface area contributed by atoms with E-state index in [1.54, 1.807) is 23.7 Å². The molecule has 0 spiro atoms. The number of para-hydroxylation sites is 1. The summed E-state index contributed by atoms with van der Waals surface area (Å²) >= 11 is 1.69. The van der Waals surface area contributed by atoms with Crippen molar-refractivity contribution in [2.24, 2.45) is 0 Å². The van der Waals surface area contributed by atoms with E-state index < -0.39 is 0 Å². The first-order chi connectivity index (χ1) is 18.6. The second kappa shape index (κ2) is 10.1. The zero-order valence-electron chi connectivity index (χ0n) is 20.9. The van der Waals surface area contributed by atoms with Crippen molar-refractivity contribution in [1.82, 2.24) is 14.9 Å². The van der Waals surface area contributed by atoms with E-state index in [1.165, 1.54) is 4.88 Å². The number of hydrogen-bond acceptors (Lipinski definition) is 4. The number of fused-ring (bicyclic) bond motifs is 2. The monoisotopic (exact) mass is 518 g/mol. The average Bonchev–Trinajstić information content (AvgIpc) is 3.58. The highest BCUT2D eigenvalue weighted by atomic mass is 32.1. The number of aromatic nitrogens is 2. The molecule has 3 aromatic heterocycles. The first kappa shape index (κ1) is 23.9. The van der Waals surface area contributed by atoms with E-state index in [4.69, 9.17) is 0 Å². The third kappa shape index (κ3) is 4.53. The van der Waals surface area contributed by atoms with Gasteiger partial charge in [0.2, 0.25) is 0 Å². The first-order valence-corrected chi connectivity index (χ1v) is 13.4. The maximum Gasteiger partial charge on any atom is 0.268 e. The molecule has 0 aliphatic carbocycles. The number of aryl methyl sites for hydroxylation is 1. The fourth-order valence-electron chi connectivity index (χ4n) is 4.98. The van der Waals surface area contributed by atoms with Crippen LogP contribution in [0.15, 0.2) is 96.6 Å². The maximum absolute atomic E-state index is 13.9. The molecule has 0 bridgehead atoms. The Balaban J connectivity index is 1.30. The molecule has 0 radical (unpaired) electrons. The van der Waals surface area contributed by atoms with Crippen LogP contribution in [0.2, 0.25) is 0 Å². The molecular weight excluding hydrogens is 492 g/mol. The Bertz CT molecular complexity index is 1620. The predicted octanol–water partition coefficient (Wildman–Crippen LogP) is 6.06. The van der Waals surface area contributed by atoms with Crippen LogP contribution in [0.5, 0.6) is 0 Å². The topological polar surface area (TPSA) is 67.2 Å². The van der Waals surface area contributed by atoms with Crippen LogP contribution in [0.3, 0.4) is 0 Å². The van der Waals surface area contributed by atoms with Crippen LogP contribution in [0.25, 0.3) is 10.4 Å². The van der Waals surface area contributed by atoms with Crippen LogP contribution >= 0.6 is 11.3 Å². The number of benzene rings is 2. The number of nitrogens with one attached hydrogen (secondary N) is 1. The summed E-state index contributed by atoms with van der Waals surface area (Å²) in [6.45, 7) is 3.32. The van der Waals surface area contributed by atoms with Gasteiger partial charge in [0.05, 0.1) is 13.1 Å². The van der Waals surface area contributed by atoms with Crippen molar-refractivity contribution in [3.05, 3.63) is 130 Å². The molecule has 6 rings (SSSR count). The molecule has 0 unspecified atom stereocenters. The molecule has 0 atom stereocenters. The molecule has 5 aromatic rings. The Hall–Kier alpha value is -4.49. The lowest BCUT2D eigenvalue weighted by Gasteiger charge is -2.23. The Morgan fingerprint density at radius 2 is 1.87 bits per heavy atom. The van der Waals surface area contributed by atoms with E-state index in [0.717, 1.165) is 33.6 Å². The van der Waals surface area contributed by atoms with Gasteiger partial charge in [0, 0.05) is 40.8 Å². The average molecular weight is 519 g/mol. The molecule has 0 saturated heterocycles. The highest BCUT2D eigenvalue weighted by molar-refractivity contribution is 7.13. The summed E-state index contributed by atoms with van der Waals surface area (Å²) in [6.07, 6.45) is 3.45. The molecule has 188 valence electrons. The van der Waals surface area contributed by atoms with E-state index in [-0.39, 0.29) is 11.8 Å². The molecule has 2 aromatic carbocycles. The quantitative estimate of drug-likeness (QED) is 0.308. The lowest BCUT2D eigenvalue weighted by molar-refractivity contribution is 0.0941. The van der Waals surface area contributed by atoms with Crippen molar-refractivity contribution >= 4 is 28.8 Å². The zero-order valence-corrected chi connectivity index (χ0v) is 21.7. The van der Waals surface area contributed by atoms with E-state index in [1.807, 2.05) is 89.2 Å². The van der Waals surface area contributed by atoms with Gasteiger partial charge in [-0.2, -0.15) is 0 Å². The second-order valence-electron chi connectivity index (χ2n) is 9.37. The van der Waals surface area contributed by atoms with Crippen LogP contribution in [0.4, 0.5) is 5.69 Å². The normalized spacial score (nSPS) is 12.4. The van der Waals surface area contributed by atoms with Gasteiger partial charge < -0.3 is 14.8 Å². The lowest BCUT2D eigenvalue weighted by Crippen LogP contribution is -2.30. The fraction of sp³-hybridized carbons (Fsp3) is 0.129. The number of hydrogen-bond donors (Lipinski definition) is 1. The third-order valence-corrected chi connectivity index (χ3v) is 7.82. The standard InChI is InChI=1S/C31H26N4O2S/c1-21-16-23(10-12-26(21)29-9-5-15-38-29)31(37)35-20-25-11-13-28(30(36)33-18-22-6-4-14-32-17-22)34(25)19-24-7-2-3-8-27(24)35/h2-17H,18-20H2,1H3,(H,33,36). The van der Waals surface area contributed by atoms with Gasteiger partial charge in [-0.05, 0) is 77.0 Å². The van der Waals surface area contributed by atoms with Crippen molar-refractivity contribution in [2.75, 3.05) is 4.90 Å². The van der Waals surface area contributed by atoms with Gasteiger partial charge in [0.25, 0.3) is 11.8 Å². The van der Waals surface area contributed by atoms with Crippen LogP contribution in [0, 0.1) is 6.92 Å². The number of carbonyl (C=O) groups excluding carboxylic acids is 2. The minimum absolute atomic E-state index is 0.0597. The van der Waals surface area contributed by atoms with Crippen molar-refractivity contribution in [3.63, 3.8) is 0 Å². The smallest absolute Gasteiger partial charge is 0.268 e. The van der Waals surface area contributed by atoms with Crippen molar-refractivity contribution in [1.29, 1.82) is 0 Å². The van der Waals surface area contributed by atoms with Crippen molar-refractivity contribution in [2.45, 2.75) is 26.6 Å². The number of carbonyl (C=O) groups is 2. The Labute approximate surface area is 225 Å². The number of rotatable bonds is 5. The fourth-order valence-corrected chi connectivity index (χ4v) is 5.79. The van der Waals surface area contributed by atoms with Crippen LogP contribution in [-0.2, 0) is 19.6 Å². The summed E-state index contributed by atoms with van der Waals surface area (Å²) in [4.78, 5) is 34.2. The SMILES string of the molecule is Cc1cc(C(=O)N2Cc3ccc(C(=O)NCc4cccnc4)n3Cc3ccccc32)ccc1-c1cccs1. The minimum atomic E-state index is -0.155. The molecule has 1 aliphatic rings. The molecular formula is C31H26N4O2S. The van der Waals surface area contributed by atoms with E-state index >= 15 is 0 Å².